The van der Waals surface area contributed by atoms with Gasteiger partial charge in [0, 0.05) is 17.6 Å². The molecule has 7 nitrogen and oxygen atoms in total. The molecule has 1 unspecified atom stereocenters. The van der Waals surface area contributed by atoms with Crippen molar-refractivity contribution >= 4 is 34.0 Å². The minimum atomic E-state index is -1.01. The van der Waals surface area contributed by atoms with Crippen LogP contribution in [0.5, 0.6) is 0 Å². The van der Waals surface area contributed by atoms with Crippen LogP contribution < -0.4 is 5.32 Å². The largest absolute Gasteiger partial charge is 0.611 e. The highest BCUT2D eigenvalue weighted by atomic mass is 32.2. The lowest BCUT2D eigenvalue weighted by atomic mass is 10.3. The average molecular weight is 398 g/mol. The van der Waals surface area contributed by atoms with Crippen molar-refractivity contribution in [1.29, 1.82) is 0 Å². The number of pyridine rings is 2. The van der Waals surface area contributed by atoms with Crippen LogP contribution in [0.2, 0.25) is 0 Å². The predicted octanol–water partition coefficient (Wildman–Crippen LogP) is 4.04. The summed E-state index contributed by atoms with van der Waals surface area (Å²) >= 11 is -1.01. The number of carbonyl (C=O) groups excluding carboxylic acids is 1. The van der Waals surface area contributed by atoms with Crippen molar-refractivity contribution in [1.82, 2.24) is 14.5 Å². The van der Waals surface area contributed by atoms with Gasteiger partial charge in [0.15, 0.2) is 4.90 Å². The Morgan fingerprint density at radius 1 is 1.32 bits per heavy atom. The molecule has 0 spiro atoms. The Kier molecular flexibility index (Phi) is 5.50. The fourth-order valence-corrected chi connectivity index (χ4v) is 5.08. The first-order valence-electron chi connectivity index (χ1n) is 9.42. The SMILES string of the molecule is CCOC(=O)Nc1cncc(-n2ccc3cc([S+]([O-])C4CCCC4)cnc32)c1. The van der Waals surface area contributed by atoms with Crippen LogP contribution in [0.3, 0.4) is 0 Å². The number of aromatic nitrogens is 3. The summed E-state index contributed by atoms with van der Waals surface area (Å²) in [4.78, 5) is 21.2. The topological polar surface area (TPSA) is 92.1 Å². The van der Waals surface area contributed by atoms with Crippen molar-refractivity contribution in [2.24, 2.45) is 0 Å². The molecule has 0 bridgehead atoms. The Labute approximate surface area is 166 Å². The molecule has 3 aromatic heterocycles. The average Bonchev–Trinajstić information content (AvgIpc) is 3.37. The van der Waals surface area contributed by atoms with Crippen LogP contribution in [-0.2, 0) is 15.9 Å². The van der Waals surface area contributed by atoms with Gasteiger partial charge in [-0.1, -0.05) is 0 Å². The Morgan fingerprint density at radius 3 is 2.93 bits per heavy atom. The number of carbonyl (C=O) groups is 1. The van der Waals surface area contributed by atoms with Gasteiger partial charge < -0.3 is 9.29 Å². The zero-order chi connectivity index (χ0) is 19.5. The van der Waals surface area contributed by atoms with Gasteiger partial charge in [-0.25, -0.2) is 9.78 Å². The van der Waals surface area contributed by atoms with Crippen LogP contribution in [0.4, 0.5) is 10.5 Å². The molecule has 1 amide bonds. The Balaban J connectivity index is 1.60. The number of ether oxygens (including phenoxy) is 1. The van der Waals surface area contributed by atoms with Gasteiger partial charge in [0.1, 0.15) is 10.9 Å². The van der Waals surface area contributed by atoms with Gasteiger partial charge >= 0.3 is 6.09 Å². The van der Waals surface area contributed by atoms with E-state index in [1.165, 1.54) is 0 Å². The fraction of sp³-hybridized carbons (Fsp3) is 0.350. The number of nitrogens with zero attached hydrogens (tertiary/aromatic N) is 3. The Bertz CT molecular complexity index is 984. The summed E-state index contributed by atoms with van der Waals surface area (Å²) < 4.78 is 19.6. The second-order valence-electron chi connectivity index (χ2n) is 6.75. The van der Waals surface area contributed by atoms with Crippen LogP contribution in [0, 0.1) is 0 Å². The molecular weight excluding hydrogens is 376 g/mol. The minimum Gasteiger partial charge on any atom is -0.611 e. The lowest BCUT2D eigenvalue weighted by Crippen LogP contribution is -2.18. The van der Waals surface area contributed by atoms with Gasteiger partial charge in [0.25, 0.3) is 0 Å². The first-order chi connectivity index (χ1) is 13.7. The molecule has 28 heavy (non-hydrogen) atoms. The minimum absolute atomic E-state index is 0.246. The fourth-order valence-electron chi connectivity index (χ4n) is 3.53. The molecule has 1 atom stereocenters. The highest BCUT2D eigenvalue weighted by molar-refractivity contribution is 7.92. The van der Waals surface area contributed by atoms with E-state index in [0.717, 1.165) is 47.3 Å². The van der Waals surface area contributed by atoms with Gasteiger partial charge in [-0.2, -0.15) is 0 Å². The zero-order valence-electron chi connectivity index (χ0n) is 15.6. The molecule has 0 aromatic carbocycles. The van der Waals surface area contributed by atoms with Crippen LogP contribution in [0.25, 0.3) is 16.7 Å². The molecule has 1 aliphatic rings. The monoisotopic (exact) mass is 398 g/mol. The molecular formula is C20H22N4O3S. The smallest absolute Gasteiger partial charge is 0.411 e. The summed E-state index contributed by atoms with van der Waals surface area (Å²) in [7, 11) is 0. The van der Waals surface area contributed by atoms with E-state index in [1.807, 2.05) is 22.9 Å². The van der Waals surface area contributed by atoms with E-state index >= 15 is 0 Å². The molecule has 146 valence electrons. The third kappa shape index (κ3) is 3.83. The molecule has 1 N–H and O–H groups in total. The van der Waals surface area contributed by atoms with Crippen molar-refractivity contribution in [2.75, 3.05) is 11.9 Å². The van der Waals surface area contributed by atoms with E-state index in [9.17, 15) is 9.35 Å². The molecule has 1 saturated carbocycles. The van der Waals surface area contributed by atoms with E-state index in [1.54, 1.807) is 31.6 Å². The lowest BCUT2D eigenvalue weighted by Gasteiger charge is -2.16. The Morgan fingerprint density at radius 2 is 2.14 bits per heavy atom. The van der Waals surface area contributed by atoms with Crippen molar-refractivity contribution in [3.63, 3.8) is 0 Å². The van der Waals surface area contributed by atoms with E-state index in [-0.39, 0.29) is 5.25 Å². The maximum atomic E-state index is 12.8. The van der Waals surface area contributed by atoms with Gasteiger partial charge in [-0.15, -0.1) is 0 Å². The number of nitrogens with one attached hydrogen (secondary N) is 1. The number of rotatable bonds is 5. The molecule has 3 aromatic rings. The molecule has 3 heterocycles. The molecule has 0 saturated heterocycles. The Hall–Kier alpha value is -2.58. The van der Waals surface area contributed by atoms with E-state index < -0.39 is 17.3 Å². The van der Waals surface area contributed by atoms with Crippen LogP contribution in [0.15, 0.2) is 47.9 Å². The molecule has 1 fully saturated rings. The number of hydrogen-bond acceptors (Lipinski definition) is 5. The van der Waals surface area contributed by atoms with Gasteiger partial charge in [-0.05, 0) is 55.9 Å². The molecule has 8 heteroatoms. The second-order valence-corrected chi connectivity index (χ2v) is 8.48. The van der Waals surface area contributed by atoms with Crippen LogP contribution in [-0.4, -0.2) is 37.0 Å². The molecule has 0 aliphatic heterocycles. The summed E-state index contributed by atoms with van der Waals surface area (Å²) in [6.07, 6.45) is 10.7. The predicted molar refractivity (Wildman–Crippen MR) is 108 cm³/mol. The van der Waals surface area contributed by atoms with Crippen LogP contribution in [0.1, 0.15) is 32.6 Å². The summed E-state index contributed by atoms with van der Waals surface area (Å²) in [6, 6.07) is 5.71. The third-order valence-electron chi connectivity index (χ3n) is 4.86. The standard InChI is InChI=1S/C20H22N4O3S/c1-2-27-20(25)23-15-10-16(12-21-11-15)24-8-7-14-9-18(13-22-19(14)24)28(26)17-5-3-4-6-17/h7-13,17H,2-6H2,1H3,(H,23,25). The summed E-state index contributed by atoms with van der Waals surface area (Å²) in [5, 5.41) is 3.82. The first kappa shape index (κ1) is 18.8. The highest BCUT2D eigenvalue weighted by Crippen LogP contribution is 2.31. The summed E-state index contributed by atoms with van der Waals surface area (Å²) in [5.74, 6) is 0. The maximum Gasteiger partial charge on any atom is 0.411 e. The maximum absolute atomic E-state index is 12.8. The normalized spacial score (nSPS) is 15.6. The van der Waals surface area contributed by atoms with E-state index in [4.69, 9.17) is 4.74 Å². The van der Waals surface area contributed by atoms with Gasteiger partial charge in [0.2, 0.25) is 0 Å². The quantitative estimate of drug-likeness (QED) is 0.655. The van der Waals surface area contributed by atoms with Crippen molar-refractivity contribution in [2.45, 2.75) is 42.8 Å². The van der Waals surface area contributed by atoms with Gasteiger partial charge in [-0.3, -0.25) is 14.9 Å². The number of anilines is 1. The van der Waals surface area contributed by atoms with Crippen molar-refractivity contribution in [3.8, 4) is 5.69 Å². The second kappa shape index (κ2) is 8.20. The van der Waals surface area contributed by atoms with E-state index in [0.29, 0.717) is 12.3 Å². The number of hydrogen-bond donors (Lipinski definition) is 1. The lowest BCUT2D eigenvalue weighted by molar-refractivity contribution is 0.168. The molecule has 4 rings (SSSR count). The van der Waals surface area contributed by atoms with Crippen LogP contribution >= 0.6 is 0 Å². The molecule has 1 aliphatic carbocycles. The van der Waals surface area contributed by atoms with Crippen molar-refractivity contribution < 1.29 is 14.1 Å². The van der Waals surface area contributed by atoms with Gasteiger partial charge in [0.05, 0.1) is 36.6 Å². The number of amides is 1. The van der Waals surface area contributed by atoms with Crippen molar-refractivity contribution in [3.05, 3.63) is 43.0 Å². The first-order valence-corrected chi connectivity index (χ1v) is 10.6. The summed E-state index contributed by atoms with van der Waals surface area (Å²) in [5.41, 5.74) is 2.06. The third-order valence-corrected chi connectivity index (χ3v) is 6.63. The highest BCUT2D eigenvalue weighted by Gasteiger charge is 2.28. The zero-order valence-corrected chi connectivity index (χ0v) is 16.4. The van der Waals surface area contributed by atoms with E-state index in [2.05, 4.69) is 15.3 Å². The summed E-state index contributed by atoms with van der Waals surface area (Å²) in [6.45, 7) is 2.05. The molecule has 0 radical (unpaired) electrons. The number of fused-ring (bicyclic) bond motifs is 1.